The molecule has 37 heavy (non-hydrogen) atoms. The smallest absolute Gasteiger partial charge is 0.162 e. The number of rotatable bonds is 5. The van der Waals surface area contributed by atoms with Gasteiger partial charge in [-0.05, 0) is 58.6 Å². The van der Waals surface area contributed by atoms with Gasteiger partial charge in [0, 0.05) is 66.8 Å². The van der Waals surface area contributed by atoms with Crippen molar-refractivity contribution >= 4 is 34.1 Å². The van der Waals surface area contributed by atoms with Crippen LogP contribution in [0, 0.1) is 13.8 Å². The van der Waals surface area contributed by atoms with Gasteiger partial charge in [-0.15, -0.1) is 0 Å². The van der Waals surface area contributed by atoms with Gasteiger partial charge in [0.15, 0.2) is 5.82 Å². The lowest BCUT2D eigenvalue weighted by Crippen LogP contribution is -2.47. The molecule has 1 aromatic carbocycles. The molecule has 5 heterocycles. The van der Waals surface area contributed by atoms with E-state index < -0.39 is 0 Å². The van der Waals surface area contributed by atoms with E-state index in [1.54, 1.807) is 0 Å². The molecule has 3 aromatic heterocycles. The van der Waals surface area contributed by atoms with Crippen molar-refractivity contribution in [1.82, 2.24) is 29.9 Å². The Balaban J connectivity index is 1.35. The summed E-state index contributed by atoms with van der Waals surface area (Å²) in [6, 6.07) is 4.67. The predicted molar refractivity (Wildman–Crippen MR) is 148 cm³/mol. The molecule has 0 radical (unpaired) electrons. The van der Waals surface area contributed by atoms with Crippen molar-refractivity contribution in [2.24, 2.45) is 0 Å². The summed E-state index contributed by atoms with van der Waals surface area (Å²) >= 11 is 6.97. The molecule has 0 bridgehead atoms. The average Bonchev–Trinajstić information content (AvgIpc) is 3.59. The third-order valence-electron chi connectivity index (χ3n) is 8.42. The number of aromatic nitrogens is 6. The number of H-pyrrole nitrogens is 1. The standard InChI is InChI=1S/C28H33ClN8/c1-5-37-28(24(29)25(34-37)18-7-8-18)35-12-11-20-19(14-35)27(36-13-10-16(36)3)31-26(30-20)22-15(2)6-9-21-23(22)17(4)32-33-21/h6,9,16,18H,5,7-8,10-14H2,1-4H3,(H,32,33)/t16-/m0/s1. The Hall–Kier alpha value is -3.13. The molecule has 1 aliphatic carbocycles. The molecule has 1 saturated carbocycles. The van der Waals surface area contributed by atoms with E-state index in [-0.39, 0.29) is 0 Å². The van der Waals surface area contributed by atoms with Crippen molar-refractivity contribution in [2.75, 3.05) is 22.9 Å². The fourth-order valence-electron chi connectivity index (χ4n) is 6.00. The van der Waals surface area contributed by atoms with Gasteiger partial charge >= 0.3 is 0 Å². The number of hydrogen-bond donors (Lipinski definition) is 1. The lowest BCUT2D eigenvalue weighted by atomic mass is 9.98. The largest absolute Gasteiger partial charge is 0.353 e. The molecule has 0 unspecified atom stereocenters. The van der Waals surface area contributed by atoms with Crippen LogP contribution in [0.2, 0.25) is 5.02 Å². The topological polar surface area (TPSA) is 78.8 Å². The number of benzene rings is 1. The highest BCUT2D eigenvalue weighted by molar-refractivity contribution is 6.33. The monoisotopic (exact) mass is 516 g/mol. The van der Waals surface area contributed by atoms with E-state index in [1.165, 1.54) is 30.4 Å². The van der Waals surface area contributed by atoms with Crippen molar-refractivity contribution in [3.63, 3.8) is 0 Å². The normalized spacial score (nSPS) is 19.4. The van der Waals surface area contributed by atoms with Gasteiger partial charge in [0.2, 0.25) is 0 Å². The minimum absolute atomic E-state index is 0.473. The van der Waals surface area contributed by atoms with E-state index in [9.17, 15) is 0 Å². The van der Waals surface area contributed by atoms with Gasteiger partial charge in [0.1, 0.15) is 16.7 Å². The number of nitrogens with zero attached hydrogens (tertiary/aromatic N) is 7. The minimum Gasteiger partial charge on any atom is -0.353 e. The molecule has 2 aliphatic heterocycles. The number of halogens is 1. The second-order valence-corrected chi connectivity index (χ2v) is 11.3. The molecule has 192 valence electrons. The van der Waals surface area contributed by atoms with E-state index in [0.717, 1.165) is 88.6 Å². The van der Waals surface area contributed by atoms with Crippen LogP contribution in [0.5, 0.6) is 0 Å². The summed E-state index contributed by atoms with van der Waals surface area (Å²) in [5.41, 5.74) is 7.71. The molecule has 0 amide bonds. The van der Waals surface area contributed by atoms with Gasteiger partial charge in [-0.2, -0.15) is 10.2 Å². The zero-order chi connectivity index (χ0) is 25.4. The predicted octanol–water partition coefficient (Wildman–Crippen LogP) is 5.55. The Morgan fingerprint density at radius 3 is 2.65 bits per heavy atom. The average molecular weight is 517 g/mol. The van der Waals surface area contributed by atoms with Crippen LogP contribution >= 0.6 is 11.6 Å². The number of fused-ring (bicyclic) bond motifs is 2. The Labute approximate surface area is 222 Å². The molecule has 9 heteroatoms. The van der Waals surface area contributed by atoms with Crippen LogP contribution in [0.15, 0.2) is 12.1 Å². The molecule has 2 fully saturated rings. The summed E-state index contributed by atoms with van der Waals surface area (Å²) < 4.78 is 2.09. The number of aryl methyl sites for hydroxylation is 3. The quantitative estimate of drug-likeness (QED) is 0.375. The van der Waals surface area contributed by atoms with Crippen LogP contribution in [0.25, 0.3) is 22.3 Å². The van der Waals surface area contributed by atoms with Crippen molar-refractivity contribution in [2.45, 2.75) is 78.4 Å². The number of anilines is 2. The van der Waals surface area contributed by atoms with Gasteiger partial charge in [-0.25, -0.2) is 14.6 Å². The molecule has 3 aliphatic rings. The molecule has 1 atom stereocenters. The van der Waals surface area contributed by atoms with Crippen molar-refractivity contribution in [1.29, 1.82) is 0 Å². The van der Waals surface area contributed by atoms with E-state index in [4.69, 9.17) is 26.7 Å². The Morgan fingerprint density at radius 1 is 1.11 bits per heavy atom. The fraction of sp³-hybridized carbons (Fsp3) is 0.500. The highest BCUT2D eigenvalue weighted by Crippen LogP contribution is 2.46. The molecule has 4 aromatic rings. The molecule has 1 saturated heterocycles. The summed E-state index contributed by atoms with van der Waals surface area (Å²) in [6.07, 6.45) is 4.42. The second kappa shape index (κ2) is 8.45. The van der Waals surface area contributed by atoms with Gasteiger partial charge in [0.25, 0.3) is 0 Å². The molecule has 0 spiro atoms. The second-order valence-electron chi connectivity index (χ2n) is 10.9. The lowest BCUT2D eigenvalue weighted by molar-refractivity contribution is 0.472. The van der Waals surface area contributed by atoms with E-state index >= 15 is 0 Å². The molecule has 7 rings (SSSR count). The maximum absolute atomic E-state index is 6.97. The summed E-state index contributed by atoms with van der Waals surface area (Å²) in [6.45, 7) is 12.1. The summed E-state index contributed by atoms with van der Waals surface area (Å²) in [5, 5.41) is 14.5. The molecular weight excluding hydrogens is 484 g/mol. The summed E-state index contributed by atoms with van der Waals surface area (Å²) in [7, 11) is 0. The van der Waals surface area contributed by atoms with Gasteiger partial charge < -0.3 is 9.80 Å². The summed E-state index contributed by atoms with van der Waals surface area (Å²) in [5.74, 6) is 3.46. The first-order valence-corrected chi connectivity index (χ1v) is 13.9. The fourth-order valence-corrected chi connectivity index (χ4v) is 6.41. The Morgan fingerprint density at radius 2 is 1.95 bits per heavy atom. The van der Waals surface area contributed by atoms with Crippen molar-refractivity contribution < 1.29 is 0 Å². The third-order valence-corrected chi connectivity index (χ3v) is 8.78. The molecule has 1 N–H and O–H groups in total. The zero-order valence-corrected chi connectivity index (χ0v) is 22.7. The zero-order valence-electron chi connectivity index (χ0n) is 22.0. The van der Waals surface area contributed by atoms with E-state index in [2.05, 4.69) is 64.5 Å². The Kier molecular flexibility index (Phi) is 5.26. The lowest BCUT2D eigenvalue weighted by Gasteiger charge is -2.42. The van der Waals surface area contributed by atoms with E-state index in [0.29, 0.717) is 12.0 Å². The van der Waals surface area contributed by atoms with Gasteiger partial charge in [-0.1, -0.05) is 17.7 Å². The van der Waals surface area contributed by atoms with Crippen LogP contribution in [0.3, 0.4) is 0 Å². The van der Waals surface area contributed by atoms with Crippen LogP contribution in [-0.2, 0) is 19.5 Å². The highest BCUT2D eigenvalue weighted by atomic mass is 35.5. The van der Waals surface area contributed by atoms with Crippen LogP contribution in [0.4, 0.5) is 11.6 Å². The maximum Gasteiger partial charge on any atom is 0.162 e. The minimum atomic E-state index is 0.473. The molecule has 8 nitrogen and oxygen atoms in total. The SMILES string of the molecule is CCn1nc(C2CC2)c(Cl)c1N1CCc2nc(-c3c(C)ccc4n[nH]c(C)c34)nc(N3CC[C@@H]3C)c2C1. The number of hydrogen-bond acceptors (Lipinski definition) is 6. The van der Waals surface area contributed by atoms with Crippen molar-refractivity contribution in [3.05, 3.63) is 45.4 Å². The molecular formula is C28H33ClN8. The summed E-state index contributed by atoms with van der Waals surface area (Å²) in [4.78, 5) is 15.3. The highest BCUT2D eigenvalue weighted by Gasteiger charge is 2.36. The first-order valence-electron chi connectivity index (χ1n) is 13.6. The maximum atomic E-state index is 6.97. The first kappa shape index (κ1) is 23.0. The first-order chi connectivity index (χ1) is 17.9. The van der Waals surface area contributed by atoms with Crippen LogP contribution < -0.4 is 9.80 Å². The Bertz CT molecular complexity index is 1530. The third kappa shape index (κ3) is 3.55. The number of aromatic amines is 1. The van der Waals surface area contributed by atoms with Gasteiger partial charge in [0.05, 0.1) is 16.9 Å². The number of nitrogens with one attached hydrogen (secondary N) is 1. The van der Waals surface area contributed by atoms with Crippen molar-refractivity contribution in [3.8, 4) is 11.4 Å². The van der Waals surface area contributed by atoms with Crippen LogP contribution in [0.1, 0.15) is 67.2 Å². The van der Waals surface area contributed by atoms with E-state index in [1.807, 2.05) is 0 Å². The van der Waals surface area contributed by atoms with Crippen LogP contribution in [-0.4, -0.2) is 49.1 Å². The van der Waals surface area contributed by atoms with Gasteiger partial charge in [-0.3, -0.25) is 5.10 Å².